The van der Waals surface area contributed by atoms with Crippen molar-refractivity contribution in [3.05, 3.63) is 57.5 Å². The number of hydrogen-bond donors (Lipinski definition) is 0. The Morgan fingerprint density at radius 3 is 1.80 bits per heavy atom. The van der Waals surface area contributed by atoms with Gasteiger partial charge in [0.2, 0.25) is 0 Å². The topological polar surface area (TPSA) is 37.4 Å². The van der Waals surface area contributed by atoms with E-state index in [-0.39, 0.29) is 4.90 Å². The van der Waals surface area contributed by atoms with Crippen LogP contribution in [0, 0.1) is 0 Å². The van der Waals surface area contributed by atoms with Crippen molar-refractivity contribution in [2.24, 2.45) is 0 Å². The van der Waals surface area contributed by atoms with Crippen LogP contribution < -0.4 is 4.31 Å². The van der Waals surface area contributed by atoms with E-state index in [2.05, 4.69) is 31.9 Å². The highest BCUT2D eigenvalue weighted by molar-refractivity contribution is 9.10. The van der Waals surface area contributed by atoms with Crippen molar-refractivity contribution in [3.63, 3.8) is 0 Å². The van der Waals surface area contributed by atoms with Crippen molar-refractivity contribution in [3.8, 4) is 0 Å². The smallest absolute Gasteiger partial charge is 0.264 e. The summed E-state index contributed by atoms with van der Waals surface area (Å²) in [6, 6.07) is 13.9. The van der Waals surface area contributed by atoms with Crippen LogP contribution in [0.15, 0.2) is 62.4 Å². The summed E-state index contributed by atoms with van der Waals surface area (Å²) >= 11 is 6.65. The minimum atomic E-state index is -3.54. The Labute approximate surface area is 135 Å². The van der Waals surface area contributed by atoms with Gasteiger partial charge in [-0.1, -0.05) is 31.9 Å². The van der Waals surface area contributed by atoms with Gasteiger partial charge in [-0.05, 0) is 55.5 Å². The van der Waals surface area contributed by atoms with E-state index in [1.165, 1.54) is 4.31 Å². The maximum Gasteiger partial charge on any atom is 0.264 e. The molecule has 0 spiro atoms. The van der Waals surface area contributed by atoms with Gasteiger partial charge in [0.1, 0.15) is 0 Å². The molecule has 0 N–H and O–H groups in total. The van der Waals surface area contributed by atoms with Crippen molar-refractivity contribution < 1.29 is 8.42 Å². The van der Waals surface area contributed by atoms with E-state index in [1.807, 2.05) is 19.1 Å². The van der Waals surface area contributed by atoms with E-state index in [9.17, 15) is 8.42 Å². The Hall–Kier alpha value is -0.850. The van der Waals surface area contributed by atoms with E-state index < -0.39 is 10.0 Å². The van der Waals surface area contributed by atoms with Crippen LogP contribution in [0.4, 0.5) is 5.69 Å². The van der Waals surface area contributed by atoms with Crippen LogP contribution in [-0.2, 0) is 10.0 Å². The fourth-order valence-electron chi connectivity index (χ4n) is 1.83. The number of halogens is 2. The Morgan fingerprint density at radius 2 is 1.35 bits per heavy atom. The van der Waals surface area contributed by atoms with Crippen LogP contribution in [-0.4, -0.2) is 15.0 Å². The Balaban J connectivity index is 2.44. The molecule has 0 aliphatic carbocycles. The summed E-state index contributed by atoms with van der Waals surface area (Å²) in [5.41, 5.74) is 0.651. The lowest BCUT2D eigenvalue weighted by molar-refractivity contribution is 0.592. The zero-order valence-electron chi connectivity index (χ0n) is 10.8. The summed E-state index contributed by atoms with van der Waals surface area (Å²) in [7, 11) is -3.54. The fraction of sp³-hybridized carbons (Fsp3) is 0.143. The molecule has 2 aromatic rings. The summed E-state index contributed by atoms with van der Waals surface area (Å²) in [6.45, 7) is 2.19. The Kier molecular flexibility index (Phi) is 4.88. The molecule has 0 bridgehead atoms. The molecule has 0 saturated heterocycles. The highest BCUT2D eigenvalue weighted by Crippen LogP contribution is 2.25. The average molecular weight is 419 g/mol. The Morgan fingerprint density at radius 1 is 0.900 bits per heavy atom. The predicted molar refractivity (Wildman–Crippen MR) is 88.5 cm³/mol. The quantitative estimate of drug-likeness (QED) is 0.736. The van der Waals surface area contributed by atoms with Gasteiger partial charge in [-0.3, -0.25) is 4.31 Å². The minimum absolute atomic E-state index is 0.283. The first-order chi connectivity index (χ1) is 9.45. The summed E-state index contributed by atoms with van der Waals surface area (Å²) in [5, 5.41) is 0. The van der Waals surface area contributed by atoms with Crippen LogP contribution >= 0.6 is 31.9 Å². The van der Waals surface area contributed by atoms with Gasteiger partial charge >= 0.3 is 0 Å². The third-order valence-corrected chi connectivity index (χ3v) is 5.78. The van der Waals surface area contributed by atoms with Gasteiger partial charge in [-0.25, -0.2) is 8.42 Å². The molecule has 0 aliphatic heterocycles. The molecule has 3 nitrogen and oxygen atoms in total. The summed E-state index contributed by atoms with van der Waals surface area (Å²) in [6.07, 6.45) is 0. The first-order valence-corrected chi connectivity index (χ1v) is 9.01. The Bertz CT molecular complexity index is 682. The lowest BCUT2D eigenvalue weighted by atomic mass is 10.3. The predicted octanol–water partition coefficient (Wildman–Crippen LogP) is 4.43. The van der Waals surface area contributed by atoms with E-state index in [0.29, 0.717) is 12.2 Å². The number of nitrogens with zero attached hydrogens (tertiary/aromatic N) is 1. The van der Waals surface area contributed by atoms with Crippen molar-refractivity contribution >= 4 is 47.6 Å². The van der Waals surface area contributed by atoms with Crippen LogP contribution in [0.3, 0.4) is 0 Å². The van der Waals surface area contributed by atoms with Gasteiger partial charge in [0, 0.05) is 15.5 Å². The second kappa shape index (κ2) is 6.28. The van der Waals surface area contributed by atoms with Gasteiger partial charge in [-0.15, -0.1) is 0 Å². The molecule has 106 valence electrons. The standard InChI is InChI=1S/C14H13Br2NO2S/c1-2-17(13-7-3-11(15)4-8-13)20(18,19)14-9-5-12(16)6-10-14/h3-10H,2H2,1H3. The average Bonchev–Trinajstić information content (AvgIpc) is 2.42. The molecule has 20 heavy (non-hydrogen) atoms. The monoisotopic (exact) mass is 417 g/mol. The minimum Gasteiger partial charge on any atom is -0.267 e. The second-order valence-corrected chi connectivity index (χ2v) is 7.79. The fourth-order valence-corrected chi connectivity index (χ4v) is 3.83. The molecule has 0 atom stereocenters. The first-order valence-electron chi connectivity index (χ1n) is 5.99. The number of rotatable bonds is 4. The van der Waals surface area contributed by atoms with Crippen molar-refractivity contribution in [2.45, 2.75) is 11.8 Å². The number of anilines is 1. The van der Waals surface area contributed by atoms with Gasteiger partial charge in [-0.2, -0.15) is 0 Å². The molecule has 6 heteroatoms. The molecular formula is C14H13Br2NO2S. The van der Waals surface area contributed by atoms with E-state index in [1.54, 1.807) is 36.4 Å². The lowest BCUT2D eigenvalue weighted by Gasteiger charge is -2.23. The summed E-state index contributed by atoms with van der Waals surface area (Å²) in [4.78, 5) is 0.283. The highest BCUT2D eigenvalue weighted by atomic mass is 79.9. The SMILES string of the molecule is CCN(c1ccc(Br)cc1)S(=O)(=O)c1ccc(Br)cc1. The van der Waals surface area contributed by atoms with Crippen LogP contribution in [0.2, 0.25) is 0 Å². The lowest BCUT2D eigenvalue weighted by Crippen LogP contribution is -2.30. The highest BCUT2D eigenvalue weighted by Gasteiger charge is 2.23. The van der Waals surface area contributed by atoms with E-state index in [4.69, 9.17) is 0 Å². The van der Waals surface area contributed by atoms with E-state index >= 15 is 0 Å². The van der Waals surface area contributed by atoms with Gasteiger partial charge < -0.3 is 0 Å². The normalized spacial score (nSPS) is 11.3. The molecule has 0 unspecified atom stereocenters. The maximum atomic E-state index is 12.7. The number of hydrogen-bond acceptors (Lipinski definition) is 2. The van der Waals surface area contributed by atoms with Crippen LogP contribution in [0.25, 0.3) is 0 Å². The maximum absolute atomic E-state index is 12.7. The molecule has 0 amide bonds. The molecule has 0 saturated carbocycles. The second-order valence-electron chi connectivity index (χ2n) is 4.10. The molecule has 0 aliphatic rings. The van der Waals surface area contributed by atoms with Crippen molar-refractivity contribution in [2.75, 3.05) is 10.8 Å². The molecule has 2 aromatic carbocycles. The zero-order chi connectivity index (χ0) is 14.8. The summed E-state index contributed by atoms with van der Waals surface area (Å²) < 4.78 is 28.5. The molecular weight excluding hydrogens is 406 g/mol. The van der Waals surface area contributed by atoms with Gasteiger partial charge in [0.05, 0.1) is 10.6 Å². The zero-order valence-corrected chi connectivity index (χ0v) is 14.7. The van der Waals surface area contributed by atoms with Gasteiger partial charge in [0.25, 0.3) is 10.0 Å². The first kappa shape index (κ1) is 15.5. The van der Waals surface area contributed by atoms with Crippen molar-refractivity contribution in [1.82, 2.24) is 0 Å². The van der Waals surface area contributed by atoms with Crippen LogP contribution in [0.5, 0.6) is 0 Å². The number of benzene rings is 2. The third kappa shape index (κ3) is 3.24. The largest absolute Gasteiger partial charge is 0.267 e. The molecule has 0 aromatic heterocycles. The molecule has 0 radical (unpaired) electrons. The third-order valence-electron chi connectivity index (χ3n) is 2.80. The molecule has 0 heterocycles. The summed E-state index contributed by atoms with van der Waals surface area (Å²) in [5.74, 6) is 0. The molecule has 0 fully saturated rings. The molecule has 2 rings (SSSR count). The van der Waals surface area contributed by atoms with Gasteiger partial charge in [0.15, 0.2) is 0 Å². The van der Waals surface area contributed by atoms with Crippen molar-refractivity contribution in [1.29, 1.82) is 0 Å². The number of sulfonamides is 1. The van der Waals surface area contributed by atoms with Crippen LogP contribution in [0.1, 0.15) is 6.92 Å². The van der Waals surface area contributed by atoms with E-state index in [0.717, 1.165) is 8.95 Å².